The number of nitrogens with zero attached hydrogens (tertiary/aromatic N) is 1. The van der Waals surface area contributed by atoms with Crippen LogP contribution in [0.1, 0.15) is 44.2 Å². The normalized spacial score (nSPS) is 22.1. The molecule has 0 bridgehead atoms. The van der Waals surface area contributed by atoms with Crippen molar-refractivity contribution in [3.8, 4) is 11.3 Å². The van der Waals surface area contributed by atoms with Gasteiger partial charge in [0, 0.05) is 23.2 Å². The van der Waals surface area contributed by atoms with Gasteiger partial charge in [-0.05, 0) is 38.7 Å². The lowest BCUT2D eigenvalue weighted by Crippen LogP contribution is -2.38. The summed E-state index contributed by atoms with van der Waals surface area (Å²) in [4.78, 5) is 0. The Hall–Kier alpha value is -1.66. The smallest absolute Gasteiger partial charge is 0.211 e. The molecule has 0 spiro atoms. The molecule has 1 fully saturated rings. The van der Waals surface area contributed by atoms with Crippen molar-refractivity contribution in [2.45, 2.75) is 44.6 Å². The second-order valence-corrected chi connectivity index (χ2v) is 8.19. The van der Waals surface area contributed by atoms with E-state index in [0.29, 0.717) is 5.92 Å². The molecule has 0 saturated heterocycles. The van der Waals surface area contributed by atoms with Crippen molar-refractivity contribution in [3.63, 3.8) is 0 Å². The van der Waals surface area contributed by atoms with Crippen molar-refractivity contribution < 1.29 is 8.42 Å². The molecule has 1 aromatic carbocycles. The van der Waals surface area contributed by atoms with Crippen LogP contribution in [0.15, 0.2) is 36.4 Å². The standard InChI is InChI=1S/C17H23N3O2S/c1-2-23(21,22)20-15-10-8-14(9-11-15)17-12-16(18-19-17)13-6-4-3-5-7-13/h3-7,12,14-15,20H,2,8-11H2,1H3,(H,18,19)/t14-,15-. The molecule has 0 radical (unpaired) electrons. The number of rotatable bonds is 5. The summed E-state index contributed by atoms with van der Waals surface area (Å²) in [5, 5.41) is 7.58. The van der Waals surface area contributed by atoms with Gasteiger partial charge in [0.05, 0.1) is 11.4 Å². The third kappa shape index (κ3) is 4.00. The van der Waals surface area contributed by atoms with Gasteiger partial charge in [0.25, 0.3) is 0 Å². The van der Waals surface area contributed by atoms with Crippen molar-refractivity contribution in [1.29, 1.82) is 0 Å². The molecule has 1 heterocycles. The molecular formula is C17H23N3O2S. The lowest BCUT2D eigenvalue weighted by Gasteiger charge is -2.28. The zero-order valence-corrected chi connectivity index (χ0v) is 14.1. The number of benzene rings is 1. The summed E-state index contributed by atoms with van der Waals surface area (Å²) in [5.74, 6) is 0.579. The summed E-state index contributed by atoms with van der Waals surface area (Å²) in [6.07, 6.45) is 3.72. The third-order valence-electron chi connectivity index (χ3n) is 4.56. The van der Waals surface area contributed by atoms with Crippen LogP contribution in [-0.2, 0) is 10.0 Å². The van der Waals surface area contributed by atoms with Crippen LogP contribution in [0.25, 0.3) is 11.3 Å². The van der Waals surface area contributed by atoms with Gasteiger partial charge < -0.3 is 0 Å². The maximum Gasteiger partial charge on any atom is 0.211 e. The molecular weight excluding hydrogens is 310 g/mol. The quantitative estimate of drug-likeness (QED) is 0.883. The first-order valence-corrected chi connectivity index (χ1v) is 9.83. The van der Waals surface area contributed by atoms with Gasteiger partial charge in [-0.15, -0.1) is 0 Å². The van der Waals surface area contributed by atoms with Crippen molar-refractivity contribution in [2.24, 2.45) is 0 Å². The molecule has 124 valence electrons. The number of sulfonamides is 1. The predicted molar refractivity (Wildman–Crippen MR) is 91.6 cm³/mol. The number of H-pyrrole nitrogens is 1. The fourth-order valence-electron chi connectivity index (χ4n) is 3.16. The van der Waals surface area contributed by atoms with Gasteiger partial charge in [0.15, 0.2) is 0 Å². The molecule has 1 aliphatic rings. The minimum Gasteiger partial charge on any atom is -0.282 e. The molecule has 1 aliphatic carbocycles. The second-order valence-electron chi connectivity index (χ2n) is 6.14. The van der Waals surface area contributed by atoms with Crippen LogP contribution in [-0.4, -0.2) is 30.4 Å². The molecule has 6 heteroatoms. The average molecular weight is 333 g/mol. The molecule has 3 rings (SSSR count). The minimum atomic E-state index is -3.10. The van der Waals surface area contributed by atoms with E-state index in [1.807, 2.05) is 18.2 Å². The molecule has 2 aromatic rings. The molecule has 0 atom stereocenters. The first kappa shape index (κ1) is 16.2. The Balaban J connectivity index is 1.61. The summed E-state index contributed by atoms with van der Waals surface area (Å²) in [6.45, 7) is 1.67. The van der Waals surface area contributed by atoms with E-state index in [1.165, 1.54) is 0 Å². The van der Waals surface area contributed by atoms with Gasteiger partial charge in [-0.2, -0.15) is 5.10 Å². The Morgan fingerprint density at radius 2 is 1.87 bits per heavy atom. The average Bonchev–Trinajstić information content (AvgIpc) is 3.06. The molecule has 2 N–H and O–H groups in total. The number of hydrogen-bond donors (Lipinski definition) is 2. The Morgan fingerprint density at radius 1 is 1.17 bits per heavy atom. The zero-order valence-electron chi connectivity index (χ0n) is 13.3. The fourth-order valence-corrected chi connectivity index (χ4v) is 4.07. The van der Waals surface area contributed by atoms with Crippen LogP contribution in [0.5, 0.6) is 0 Å². The highest BCUT2D eigenvalue weighted by atomic mass is 32.2. The maximum absolute atomic E-state index is 11.7. The van der Waals surface area contributed by atoms with Crippen LogP contribution >= 0.6 is 0 Å². The highest BCUT2D eigenvalue weighted by molar-refractivity contribution is 7.89. The lowest BCUT2D eigenvalue weighted by molar-refractivity contribution is 0.370. The molecule has 23 heavy (non-hydrogen) atoms. The van der Waals surface area contributed by atoms with Gasteiger partial charge in [-0.3, -0.25) is 5.10 Å². The first-order valence-electron chi connectivity index (χ1n) is 8.18. The predicted octanol–water partition coefficient (Wildman–Crippen LogP) is 3.04. The zero-order chi connectivity index (χ0) is 16.3. The molecule has 0 unspecified atom stereocenters. The number of aromatic amines is 1. The topological polar surface area (TPSA) is 74.8 Å². The highest BCUT2D eigenvalue weighted by Gasteiger charge is 2.26. The Morgan fingerprint density at radius 3 is 2.52 bits per heavy atom. The van der Waals surface area contributed by atoms with Crippen molar-refractivity contribution in [1.82, 2.24) is 14.9 Å². The van der Waals surface area contributed by atoms with E-state index in [4.69, 9.17) is 0 Å². The van der Waals surface area contributed by atoms with E-state index in [1.54, 1.807) is 6.92 Å². The molecule has 1 saturated carbocycles. The second kappa shape index (κ2) is 6.84. The number of nitrogens with one attached hydrogen (secondary N) is 2. The summed E-state index contributed by atoms with van der Waals surface area (Å²) in [5.41, 5.74) is 3.23. The van der Waals surface area contributed by atoms with Crippen LogP contribution in [0.2, 0.25) is 0 Å². The van der Waals surface area contributed by atoms with Gasteiger partial charge in [-0.25, -0.2) is 13.1 Å². The Labute approximate surface area is 137 Å². The van der Waals surface area contributed by atoms with Crippen molar-refractivity contribution in [3.05, 3.63) is 42.1 Å². The lowest BCUT2D eigenvalue weighted by atomic mass is 9.84. The first-order chi connectivity index (χ1) is 11.1. The minimum absolute atomic E-state index is 0.0766. The molecule has 0 aliphatic heterocycles. The Bertz CT molecular complexity index is 732. The molecule has 5 nitrogen and oxygen atoms in total. The van der Waals surface area contributed by atoms with E-state index < -0.39 is 10.0 Å². The summed E-state index contributed by atoms with van der Waals surface area (Å²) < 4.78 is 26.1. The van der Waals surface area contributed by atoms with Gasteiger partial charge in [0.1, 0.15) is 0 Å². The van der Waals surface area contributed by atoms with Crippen LogP contribution in [0, 0.1) is 0 Å². The summed E-state index contributed by atoms with van der Waals surface area (Å²) in [7, 11) is -3.10. The Kier molecular flexibility index (Phi) is 4.82. The highest BCUT2D eigenvalue weighted by Crippen LogP contribution is 2.33. The SMILES string of the molecule is CCS(=O)(=O)N[C@H]1CC[C@H](c2cc(-c3ccccc3)n[nH]2)CC1. The summed E-state index contributed by atoms with van der Waals surface area (Å²) >= 11 is 0. The third-order valence-corrected chi connectivity index (χ3v) is 6.01. The van der Waals surface area contributed by atoms with E-state index in [0.717, 1.165) is 42.6 Å². The van der Waals surface area contributed by atoms with Gasteiger partial charge in [-0.1, -0.05) is 30.3 Å². The van der Waals surface area contributed by atoms with E-state index in [2.05, 4.69) is 33.1 Å². The van der Waals surface area contributed by atoms with Crippen LogP contribution < -0.4 is 4.72 Å². The summed E-state index contributed by atoms with van der Waals surface area (Å²) in [6, 6.07) is 12.3. The van der Waals surface area contributed by atoms with Crippen LogP contribution in [0.3, 0.4) is 0 Å². The number of hydrogen-bond acceptors (Lipinski definition) is 3. The number of aromatic nitrogens is 2. The molecule has 1 aromatic heterocycles. The maximum atomic E-state index is 11.7. The van der Waals surface area contributed by atoms with Crippen molar-refractivity contribution >= 4 is 10.0 Å². The fraction of sp³-hybridized carbons (Fsp3) is 0.471. The molecule has 0 amide bonds. The van der Waals surface area contributed by atoms with E-state index >= 15 is 0 Å². The van der Waals surface area contributed by atoms with Gasteiger partial charge in [0.2, 0.25) is 10.0 Å². The van der Waals surface area contributed by atoms with Gasteiger partial charge >= 0.3 is 0 Å². The van der Waals surface area contributed by atoms with Crippen molar-refractivity contribution in [2.75, 3.05) is 5.75 Å². The monoisotopic (exact) mass is 333 g/mol. The largest absolute Gasteiger partial charge is 0.282 e. The van der Waals surface area contributed by atoms with Crippen LogP contribution in [0.4, 0.5) is 0 Å². The van der Waals surface area contributed by atoms with E-state index in [9.17, 15) is 8.42 Å². The van der Waals surface area contributed by atoms with E-state index in [-0.39, 0.29) is 11.8 Å².